The van der Waals surface area contributed by atoms with Crippen LogP contribution in [0.5, 0.6) is 0 Å². The van der Waals surface area contributed by atoms with Crippen molar-refractivity contribution in [2.24, 2.45) is 0 Å². The molecule has 0 bridgehead atoms. The van der Waals surface area contributed by atoms with E-state index >= 15 is 0 Å². The second kappa shape index (κ2) is 5.84. The molecule has 21 heavy (non-hydrogen) atoms. The van der Waals surface area contributed by atoms with Crippen molar-refractivity contribution in [1.82, 2.24) is 4.31 Å². The first kappa shape index (κ1) is 15.5. The summed E-state index contributed by atoms with van der Waals surface area (Å²) in [6.45, 7) is 1.98. The average molecular weight is 308 g/mol. The Morgan fingerprint density at radius 1 is 1.52 bits per heavy atom. The van der Waals surface area contributed by atoms with Crippen molar-refractivity contribution in [3.05, 3.63) is 29.3 Å². The van der Waals surface area contributed by atoms with Crippen LogP contribution in [-0.2, 0) is 14.8 Å². The monoisotopic (exact) mass is 308 g/mol. The third-order valence-corrected chi connectivity index (χ3v) is 5.73. The Morgan fingerprint density at radius 3 is 2.86 bits per heavy atom. The number of aryl methyl sites for hydroxylation is 1. The zero-order chi connectivity index (χ0) is 15.6. The second-order valence-electron chi connectivity index (χ2n) is 5.10. The van der Waals surface area contributed by atoms with Gasteiger partial charge in [0.2, 0.25) is 10.0 Å². The minimum atomic E-state index is -3.78. The summed E-state index contributed by atoms with van der Waals surface area (Å²) < 4.78 is 26.7. The standard InChI is InChI=1S/C14H16N2O4S/c1-10-4-5-11(9-15)7-13(10)21(19,20)16-6-2-3-12(16)8-14(17)18/h4-5,7,12H,2-3,6,8H2,1H3,(H,17,18). The number of carboxylic acid groups (broad SMARTS) is 1. The Kier molecular flexibility index (Phi) is 4.30. The van der Waals surface area contributed by atoms with Gasteiger partial charge in [0, 0.05) is 12.6 Å². The molecule has 1 atom stereocenters. The number of nitrogens with zero attached hydrogens (tertiary/aromatic N) is 2. The van der Waals surface area contributed by atoms with E-state index in [-0.39, 0.29) is 16.9 Å². The van der Waals surface area contributed by atoms with Crippen LogP contribution in [0.15, 0.2) is 23.1 Å². The molecule has 1 heterocycles. The van der Waals surface area contributed by atoms with E-state index in [9.17, 15) is 13.2 Å². The first-order valence-electron chi connectivity index (χ1n) is 6.60. The van der Waals surface area contributed by atoms with Gasteiger partial charge in [-0.2, -0.15) is 9.57 Å². The molecule has 0 spiro atoms. The van der Waals surface area contributed by atoms with E-state index in [0.717, 1.165) is 0 Å². The highest BCUT2D eigenvalue weighted by atomic mass is 32.2. The molecular weight excluding hydrogens is 292 g/mol. The molecule has 0 saturated carbocycles. The van der Waals surface area contributed by atoms with E-state index in [1.165, 1.54) is 10.4 Å². The molecule has 0 radical (unpaired) electrons. The predicted octanol–water partition coefficient (Wildman–Crippen LogP) is 1.49. The van der Waals surface area contributed by atoms with Gasteiger partial charge in [0.1, 0.15) is 0 Å². The van der Waals surface area contributed by atoms with E-state index in [1.807, 2.05) is 6.07 Å². The van der Waals surface area contributed by atoms with Crippen LogP contribution in [0, 0.1) is 18.3 Å². The van der Waals surface area contributed by atoms with E-state index in [4.69, 9.17) is 10.4 Å². The number of carboxylic acids is 1. The van der Waals surface area contributed by atoms with Crippen molar-refractivity contribution < 1.29 is 18.3 Å². The summed E-state index contributed by atoms with van der Waals surface area (Å²) in [5.41, 5.74) is 0.822. The minimum Gasteiger partial charge on any atom is -0.481 e. The van der Waals surface area contributed by atoms with Crippen LogP contribution in [0.4, 0.5) is 0 Å². The molecule has 1 aliphatic heterocycles. The normalized spacial score (nSPS) is 19.3. The van der Waals surface area contributed by atoms with Crippen LogP contribution in [0.2, 0.25) is 0 Å². The molecule has 1 unspecified atom stereocenters. The third-order valence-electron chi connectivity index (χ3n) is 3.64. The molecular formula is C14H16N2O4S. The molecule has 1 fully saturated rings. The number of carbonyl (C=O) groups is 1. The molecule has 1 aliphatic rings. The number of rotatable bonds is 4. The molecule has 6 nitrogen and oxygen atoms in total. The van der Waals surface area contributed by atoms with E-state index in [2.05, 4.69) is 0 Å². The number of sulfonamides is 1. The molecule has 1 aromatic carbocycles. The Labute approximate surface area is 123 Å². The van der Waals surface area contributed by atoms with Crippen LogP contribution < -0.4 is 0 Å². The molecule has 1 N–H and O–H groups in total. The molecule has 1 saturated heterocycles. The van der Waals surface area contributed by atoms with Crippen LogP contribution in [-0.4, -0.2) is 36.4 Å². The lowest BCUT2D eigenvalue weighted by atomic mass is 10.2. The van der Waals surface area contributed by atoms with Gasteiger partial charge in [-0.1, -0.05) is 6.07 Å². The maximum atomic E-state index is 12.7. The van der Waals surface area contributed by atoms with Gasteiger partial charge in [0.15, 0.2) is 0 Å². The highest BCUT2D eigenvalue weighted by molar-refractivity contribution is 7.89. The largest absolute Gasteiger partial charge is 0.481 e. The summed E-state index contributed by atoms with van der Waals surface area (Å²) >= 11 is 0. The second-order valence-corrected chi connectivity index (χ2v) is 6.96. The summed E-state index contributed by atoms with van der Waals surface area (Å²) in [7, 11) is -3.78. The number of aliphatic carboxylic acids is 1. The van der Waals surface area contributed by atoms with Gasteiger partial charge in [-0.05, 0) is 37.5 Å². The summed E-state index contributed by atoms with van der Waals surface area (Å²) in [5, 5.41) is 17.8. The highest BCUT2D eigenvalue weighted by Crippen LogP contribution is 2.29. The molecule has 0 amide bonds. The van der Waals surface area contributed by atoms with Crippen molar-refractivity contribution in [1.29, 1.82) is 5.26 Å². The number of hydrogen-bond acceptors (Lipinski definition) is 4. The highest BCUT2D eigenvalue weighted by Gasteiger charge is 2.37. The molecule has 7 heteroatoms. The van der Waals surface area contributed by atoms with Gasteiger partial charge in [-0.25, -0.2) is 8.42 Å². The topological polar surface area (TPSA) is 98.5 Å². The van der Waals surface area contributed by atoms with E-state index in [1.54, 1.807) is 19.1 Å². The molecule has 2 rings (SSSR count). The number of hydrogen-bond donors (Lipinski definition) is 1. The fourth-order valence-electron chi connectivity index (χ4n) is 2.61. The van der Waals surface area contributed by atoms with Gasteiger partial charge < -0.3 is 5.11 Å². The zero-order valence-electron chi connectivity index (χ0n) is 11.6. The van der Waals surface area contributed by atoms with Crippen LogP contribution in [0.25, 0.3) is 0 Å². The summed E-state index contributed by atoms with van der Waals surface area (Å²) in [6, 6.07) is 5.91. The van der Waals surface area contributed by atoms with Gasteiger partial charge in [0.05, 0.1) is 22.9 Å². The van der Waals surface area contributed by atoms with Crippen molar-refractivity contribution in [2.75, 3.05) is 6.54 Å². The van der Waals surface area contributed by atoms with Crippen LogP contribution in [0.1, 0.15) is 30.4 Å². The first-order valence-corrected chi connectivity index (χ1v) is 8.04. The molecule has 0 aliphatic carbocycles. The first-order chi connectivity index (χ1) is 9.86. The van der Waals surface area contributed by atoms with E-state index in [0.29, 0.717) is 24.9 Å². The lowest BCUT2D eigenvalue weighted by Crippen LogP contribution is -2.37. The van der Waals surface area contributed by atoms with Crippen molar-refractivity contribution in [2.45, 2.75) is 37.1 Å². The van der Waals surface area contributed by atoms with Crippen LogP contribution in [0.3, 0.4) is 0 Å². The molecule has 0 aromatic heterocycles. The Balaban J connectivity index is 2.42. The smallest absolute Gasteiger partial charge is 0.304 e. The minimum absolute atomic E-state index is 0.0823. The SMILES string of the molecule is Cc1ccc(C#N)cc1S(=O)(=O)N1CCCC1CC(=O)O. The average Bonchev–Trinajstić information content (AvgIpc) is 2.87. The van der Waals surface area contributed by atoms with Crippen LogP contribution >= 0.6 is 0 Å². The third kappa shape index (κ3) is 3.06. The van der Waals surface area contributed by atoms with Gasteiger partial charge in [-0.3, -0.25) is 4.79 Å². The van der Waals surface area contributed by atoms with Gasteiger partial charge in [-0.15, -0.1) is 0 Å². The maximum absolute atomic E-state index is 12.7. The Morgan fingerprint density at radius 2 is 2.24 bits per heavy atom. The van der Waals surface area contributed by atoms with Gasteiger partial charge in [0.25, 0.3) is 0 Å². The molecule has 112 valence electrons. The maximum Gasteiger partial charge on any atom is 0.304 e. The van der Waals surface area contributed by atoms with E-state index < -0.39 is 22.0 Å². The Hall–Kier alpha value is -1.91. The summed E-state index contributed by atoms with van der Waals surface area (Å²) in [4.78, 5) is 10.9. The Bertz CT molecular complexity index is 706. The quantitative estimate of drug-likeness (QED) is 0.908. The zero-order valence-corrected chi connectivity index (χ0v) is 12.4. The lowest BCUT2D eigenvalue weighted by molar-refractivity contribution is -0.137. The van der Waals surface area contributed by atoms with Crippen molar-refractivity contribution in [3.8, 4) is 6.07 Å². The molecule has 1 aromatic rings. The summed E-state index contributed by atoms with van der Waals surface area (Å²) in [5.74, 6) is -1.01. The number of benzene rings is 1. The fourth-order valence-corrected chi connectivity index (χ4v) is 4.55. The van der Waals surface area contributed by atoms with Crippen molar-refractivity contribution in [3.63, 3.8) is 0 Å². The predicted molar refractivity (Wildman–Crippen MR) is 75.1 cm³/mol. The van der Waals surface area contributed by atoms with Crippen molar-refractivity contribution >= 4 is 16.0 Å². The fraction of sp³-hybridized carbons (Fsp3) is 0.429. The summed E-state index contributed by atoms with van der Waals surface area (Å²) in [6.07, 6.45) is 0.993. The van der Waals surface area contributed by atoms with Gasteiger partial charge >= 0.3 is 5.97 Å². The lowest BCUT2D eigenvalue weighted by Gasteiger charge is -2.23. The number of nitriles is 1.